The van der Waals surface area contributed by atoms with Gasteiger partial charge in [-0.1, -0.05) is 18.2 Å². The van der Waals surface area contributed by atoms with E-state index in [2.05, 4.69) is 17.9 Å². The van der Waals surface area contributed by atoms with Gasteiger partial charge >= 0.3 is 12.1 Å². The number of carbonyl (C=O) groups excluding carboxylic acids is 2. The van der Waals surface area contributed by atoms with Crippen molar-refractivity contribution in [2.45, 2.75) is 25.6 Å². The molecular formula is C24H28N2O7S. The van der Waals surface area contributed by atoms with Crippen LogP contribution >= 0.6 is 12.6 Å². The zero-order valence-electron chi connectivity index (χ0n) is 18.8. The first kappa shape index (κ1) is 27.0. The molecule has 2 N–H and O–H groups in total. The van der Waals surface area contributed by atoms with Gasteiger partial charge in [0.25, 0.3) is 0 Å². The number of hydrogen-bond acceptors (Lipinski definition) is 9. The number of ether oxygens (including phenoxy) is 4. The maximum absolute atomic E-state index is 12.8. The zero-order valence-corrected chi connectivity index (χ0v) is 19.7. The molecule has 0 bridgehead atoms. The van der Waals surface area contributed by atoms with Crippen LogP contribution in [0, 0.1) is 11.3 Å². The van der Waals surface area contributed by atoms with Crippen LogP contribution in [0.5, 0.6) is 5.75 Å². The van der Waals surface area contributed by atoms with Crippen molar-refractivity contribution >= 4 is 30.4 Å². The summed E-state index contributed by atoms with van der Waals surface area (Å²) in [5.74, 6) is -0.101. The molecule has 2 aromatic carbocycles. The SMILES string of the molecule is CCO[C@H](CCOC(=O)CS)[C@H](OC(=O)Nc1ccc(C#N)cc1)c1ccccc1OCCO. The number of anilines is 1. The molecule has 0 aromatic heterocycles. The molecule has 0 aliphatic rings. The van der Waals surface area contributed by atoms with Crippen molar-refractivity contribution in [3.05, 3.63) is 59.7 Å². The number of benzene rings is 2. The highest BCUT2D eigenvalue weighted by Gasteiger charge is 2.30. The summed E-state index contributed by atoms with van der Waals surface area (Å²) >= 11 is 3.89. The van der Waals surface area contributed by atoms with Gasteiger partial charge in [-0.05, 0) is 37.3 Å². The Morgan fingerprint density at radius 2 is 1.88 bits per heavy atom. The average molecular weight is 489 g/mol. The largest absolute Gasteiger partial charge is 0.491 e. The maximum atomic E-state index is 12.8. The lowest BCUT2D eigenvalue weighted by Crippen LogP contribution is -2.30. The molecule has 2 aromatic rings. The van der Waals surface area contributed by atoms with Crippen LogP contribution in [-0.2, 0) is 19.0 Å². The van der Waals surface area contributed by atoms with E-state index in [1.54, 1.807) is 55.5 Å². The van der Waals surface area contributed by atoms with Gasteiger partial charge in [0, 0.05) is 24.3 Å². The monoisotopic (exact) mass is 488 g/mol. The molecule has 0 radical (unpaired) electrons. The van der Waals surface area contributed by atoms with E-state index in [1.807, 2.05) is 6.07 Å². The van der Waals surface area contributed by atoms with E-state index in [0.29, 0.717) is 29.2 Å². The van der Waals surface area contributed by atoms with E-state index in [0.717, 1.165) is 0 Å². The second-order valence-corrected chi connectivity index (χ2v) is 7.23. The molecular weight excluding hydrogens is 460 g/mol. The van der Waals surface area contributed by atoms with Crippen molar-refractivity contribution in [2.75, 3.05) is 37.5 Å². The van der Waals surface area contributed by atoms with Crippen molar-refractivity contribution in [3.63, 3.8) is 0 Å². The van der Waals surface area contributed by atoms with Crippen LogP contribution in [0.2, 0.25) is 0 Å². The van der Waals surface area contributed by atoms with Crippen LogP contribution in [0.3, 0.4) is 0 Å². The van der Waals surface area contributed by atoms with Crippen molar-refractivity contribution in [2.24, 2.45) is 0 Å². The van der Waals surface area contributed by atoms with Gasteiger partial charge in [0.05, 0.1) is 30.6 Å². The second-order valence-electron chi connectivity index (χ2n) is 6.91. The fraction of sp³-hybridized carbons (Fsp3) is 0.375. The van der Waals surface area contributed by atoms with Crippen LogP contribution in [-0.4, -0.2) is 55.5 Å². The van der Waals surface area contributed by atoms with E-state index >= 15 is 0 Å². The first-order chi connectivity index (χ1) is 16.5. The normalized spacial score (nSPS) is 12.2. The topological polar surface area (TPSA) is 127 Å². The number of nitriles is 1. The van der Waals surface area contributed by atoms with Crippen molar-refractivity contribution < 1.29 is 33.6 Å². The molecule has 0 heterocycles. The molecule has 9 nitrogen and oxygen atoms in total. The smallest absolute Gasteiger partial charge is 0.412 e. The van der Waals surface area contributed by atoms with Gasteiger partial charge in [-0.15, -0.1) is 0 Å². The Hall–Kier alpha value is -3.26. The third kappa shape index (κ3) is 8.59. The molecule has 10 heteroatoms. The minimum atomic E-state index is -0.914. The Morgan fingerprint density at radius 1 is 1.15 bits per heavy atom. The van der Waals surface area contributed by atoms with Crippen molar-refractivity contribution in [1.29, 1.82) is 5.26 Å². The van der Waals surface area contributed by atoms with Crippen molar-refractivity contribution in [1.82, 2.24) is 0 Å². The summed E-state index contributed by atoms with van der Waals surface area (Å²) in [5, 5.41) is 20.7. The average Bonchev–Trinajstić information content (AvgIpc) is 2.86. The zero-order chi connectivity index (χ0) is 24.8. The standard InChI is InChI=1S/C24H28N2O7S/c1-2-30-21(11-13-32-22(28)16-34)23(19-5-3-4-6-20(19)31-14-12-27)33-24(29)26-18-9-7-17(15-25)8-10-18/h3-10,21,23,27,34H,2,11-14,16H2,1H3,(H,26,29)/t21-,23-/m1/s1. The quantitative estimate of drug-likeness (QED) is 0.289. The number of nitrogens with zero attached hydrogens (tertiary/aromatic N) is 1. The van der Waals surface area contributed by atoms with Crippen LogP contribution in [0.25, 0.3) is 0 Å². The summed E-state index contributed by atoms with van der Waals surface area (Å²) < 4.78 is 22.4. The summed E-state index contributed by atoms with van der Waals surface area (Å²) in [4.78, 5) is 24.3. The highest BCUT2D eigenvalue weighted by Crippen LogP contribution is 2.33. The molecule has 0 aliphatic carbocycles. The fourth-order valence-corrected chi connectivity index (χ4v) is 3.20. The van der Waals surface area contributed by atoms with Gasteiger partial charge in [0.1, 0.15) is 18.5 Å². The predicted octanol–water partition coefficient (Wildman–Crippen LogP) is 3.49. The molecule has 0 spiro atoms. The molecule has 34 heavy (non-hydrogen) atoms. The molecule has 2 atom stereocenters. The summed E-state index contributed by atoms with van der Waals surface area (Å²) in [6.45, 7) is 2.03. The second kappa shape index (κ2) is 14.8. The van der Waals surface area contributed by atoms with Gasteiger partial charge in [-0.25, -0.2) is 4.79 Å². The third-order valence-corrected chi connectivity index (χ3v) is 4.84. The van der Waals surface area contributed by atoms with Crippen LogP contribution in [0.4, 0.5) is 10.5 Å². The number of carbonyl (C=O) groups is 2. The van der Waals surface area contributed by atoms with Gasteiger partial charge in [-0.2, -0.15) is 17.9 Å². The third-order valence-electron chi connectivity index (χ3n) is 4.58. The summed E-state index contributed by atoms with van der Waals surface area (Å²) in [6.07, 6.45) is -2.08. The fourth-order valence-electron chi connectivity index (χ4n) is 3.10. The lowest BCUT2D eigenvalue weighted by atomic mass is 10.0. The Balaban J connectivity index is 2.28. The molecule has 0 saturated heterocycles. The van der Waals surface area contributed by atoms with E-state index in [1.165, 1.54) is 0 Å². The molecule has 182 valence electrons. The Kier molecular flexibility index (Phi) is 11.7. The number of aliphatic hydroxyl groups is 1. The number of para-hydroxylation sites is 1. The van der Waals surface area contributed by atoms with Crippen LogP contribution < -0.4 is 10.1 Å². The van der Waals surface area contributed by atoms with Crippen LogP contribution in [0.1, 0.15) is 30.6 Å². The molecule has 0 unspecified atom stereocenters. The first-order valence-corrected chi connectivity index (χ1v) is 11.3. The van der Waals surface area contributed by atoms with E-state index in [9.17, 15) is 9.59 Å². The number of esters is 1. The summed E-state index contributed by atoms with van der Waals surface area (Å²) in [5.41, 5.74) is 1.44. The molecule has 2 rings (SSSR count). The van der Waals surface area contributed by atoms with Gasteiger partial charge in [0.15, 0.2) is 6.10 Å². The Morgan fingerprint density at radius 3 is 2.53 bits per heavy atom. The van der Waals surface area contributed by atoms with E-state index in [4.69, 9.17) is 29.3 Å². The molecule has 0 aliphatic heterocycles. The predicted molar refractivity (Wildman–Crippen MR) is 128 cm³/mol. The number of amides is 1. The highest BCUT2D eigenvalue weighted by atomic mass is 32.1. The van der Waals surface area contributed by atoms with Crippen molar-refractivity contribution in [3.8, 4) is 11.8 Å². The number of rotatable bonds is 13. The Labute approximate surface area is 204 Å². The lowest BCUT2D eigenvalue weighted by molar-refractivity contribution is -0.142. The lowest BCUT2D eigenvalue weighted by Gasteiger charge is -2.28. The minimum absolute atomic E-state index is 0.0425. The number of aliphatic hydroxyl groups excluding tert-OH is 1. The van der Waals surface area contributed by atoms with E-state index in [-0.39, 0.29) is 32.0 Å². The summed E-state index contributed by atoms with van der Waals surface area (Å²) in [6, 6.07) is 15.3. The van der Waals surface area contributed by atoms with Gasteiger partial charge < -0.3 is 24.1 Å². The van der Waals surface area contributed by atoms with E-state index < -0.39 is 24.3 Å². The van der Waals surface area contributed by atoms with Gasteiger partial charge in [-0.3, -0.25) is 10.1 Å². The summed E-state index contributed by atoms with van der Waals surface area (Å²) in [7, 11) is 0. The molecule has 0 saturated carbocycles. The number of nitrogens with one attached hydrogen (secondary N) is 1. The molecule has 1 amide bonds. The Bertz CT molecular complexity index is 963. The first-order valence-electron chi connectivity index (χ1n) is 10.7. The maximum Gasteiger partial charge on any atom is 0.412 e. The number of thiol groups is 1. The van der Waals surface area contributed by atoms with Gasteiger partial charge in [0.2, 0.25) is 0 Å². The molecule has 0 fully saturated rings. The minimum Gasteiger partial charge on any atom is -0.491 e. The number of hydrogen-bond donors (Lipinski definition) is 3. The highest BCUT2D eigenvalue weighted by molar-refractivity contribution is 7.81. The van der Waals surface area contributed by atoms with Crippen LogP contribution in [0.15, 0.2) is 48.5 Å².